The van der Waals surface area contributed by atoms with E-state index in [0.29, 0.717) is 18.5 Å². The van der Waals surface area contributed by atoms with Crippen molar-refractivity contribution in [2.24, 2.45) is 0 Å². The topological polar surface area (TPSA) is 70.6 Å². The van der Waals surface area contributed by atoms with Crippen molar-refractivity contribution in [3.63, 3.8) is 0 Å². The summed E-state index contributed by atoms with van der Waals surface area (Å²) in [7, 11) is 1.66. The molecule has 3 N–H and O–H groups in total. The number of hydrogen-bond donors (Lipinski definition) is 3. The smallest absolute Gasteiger partial charge is 0.319 e. The third kappa shape index (κ3) is 5.89. The Balaban J connectivity index is 2.03. The van der Waals surface area contributed by atoms with Gasteiger partial charge in [0.1, 0.15) is 0 Å². The van der Waals surface area contributed by atoms with Gasteiger partial charge in [-0.1, -0.05) is 42.5 Å². The number of aliphatic hydroxyl groups excluding tert-OH is 1. The average Bonchev–Trinajstić information content (AvgIpc) is 2.65. The second-order valence-electron chi connectivity index (χ2n) is 5.93. The van der Waals surface area contributed by atoms with Gasteiger partial charge in [-0.3, -0.25) is 0 Å². The molecule has 0 spiro atoms. The lowest BCUT2D eigenvalue weighted by molar-refractivity contribution is 0.119. The highest BCUT2D eigenvalue weighted by atomic mass is 16.5. The number of hydrogen-bond acceptors (Lipinski definition) is 3. The average molecular weight is 342 g/mol. The molecule has 0 radical (unpaired) electrons. The Morgan fingerprint density at radius 1 is 1.12 bits per heavy atom. The zero-order valence-corrected chi connectivity index (χ0v) is 14.7. The van der Waals surface area contributed by atoms with Crippen LogP contribution < -0.4 is 10.6 Å². The first kappa shape index (κ1) is 19.0. The maximum atomic E-state index is 12.4. The number of benzene rings is 2. The molecule has 0 aliphatic heterocycles. The molecule has 0 aromatic heterocycles. The van der Waals surface area contributed by atoms with Crippen molar-refractivity contribution in [1.29, 1.82) is 0 Å². The van der Waals surface area contributed by atoms with Gasteiger partial charge in [-0.25, -0.2) is 4.79 Å². The van der Waals surface area contributed by atoms with Crippen molar-refractivity contribution in [1.82, 2.24) is 5.32 Å². The highest BCUT2D eigenvalue weighted by Gasteiger charge is 2.14. The first-order valence-corrected chi connectivity index (χ1v) is 8.50. The maximum Gasteiger partial charge on any atom is 0.319 e. The molecule has 0 unspecified atom stereocenters. The molecule has 0 bridgehead atoms. The predicted octanol–water partition coefficient (Wildman–Crippen LogP) is 4.03. The van der Waals surface area contributed by atoms with Gasteiger partial charge in [0.25, 0.3) is 0 Å². The number of carbonyl (C=O) groups excluding carboxylic acids is 1. The molecule has 25 heavy (non-hydrogen) atoms. The van der Waals surface area contributed by atoms with Gasteiger partial charge in [0, 0.05) is 19.4 Å². The molecule has 5 heteroatoms. The lowest BCUT2D eigenvalue weighted by atomic mass is 10.0. The highest BCUT2D eigenvalue weighted by Crippen LogP contribution is 2.21. The Labute approximate surface area is 149 Å². The maximum absolute atomic E-state index is 12.4. The minimum absolute atomic E-state index is 0.0357. The van der Waals surface area contributed by atoms with Crippen LogP contribution in [0.3, 0.4) is 0 Å². The number of ether oxygens (including phenoxy) is 1. The molecule has 0 fully saturated rings. The van der Waals surface area contributed by atoms with Crippen LogP contribution in [0.2, 0.25) is 0 Å². The van der Waals surface area contributed by atoms with Crippen molar-refractivity contribution < 1.29 is 14.6 Å². The van der Waals surface area contributed by atoms with Gasteiger partial charge in [0.2, 0.25) is 0 Å². The lowest BCUT2D eigenvalue weighted by Crippen LogP contribution is -2.32. The van der Waals surface area contributed by atoms with Crippen LogP contribution in [0.1, 0.15) is 43.0 Å². The molecule has 2 rings (SSSR count). The predicted molar refractivity (Wildman–Crippen MR) is 99.5 cm³/mol. The summed E-state index contributed by atoms with van der Waals surface area (Å²) in [4.78, 5) is 12.4. The summed E-state index contributed by atoms with van der Waals surface area (Å²) in [5.74, 6) is 0. The van der Waals surface area contributed by atoms with E-state index in [1.165, 1.54) is 0 Å². The van der Waals surface area contributed by atoms with Crippen LogP contribution in [0, 0.1) is 0 Å². The lowest BCUT2D eigenvalue weighted by Gasteiger charge is -2.20. The fourth-order valence-corrected chi connectivity index (χ4v) is 2.63. The fourth-order valence-electron chi connectivity index (χ4n) is 2.63. The Morgan fingerprint density at radius 2 is 1.84 bits per heavy atom. The first-order chi connectivity index (χ1) is 12.1. The van der Waals surface area contributed by atoms with E-state index in [9.17, 15) is 4.79 Å². The molecule has 0 heterocycles. The van der Waals surface area contributed by atoms with Gasteiger partial charge < -0.3 is 20.5 Å². The molecule has 2 atom stereocenters. The van der Waals surface area contributed by atoms with Crippen LogP contribution >= 0.6 is 0 Å². The zero-order chi connectivity index (χ0) is 18.1. The van der Waals surface area contributed by atoms with Gasteiger partial charge in [-0.15, -0.1) is 0 Å². The summed E-state index contributed by atoms with van der Waals surface area (Å²) in [5.41, 5.74) is 2.74. The van der Waals surface area contributed by atoms with Gasteiger partial charge in [0.05, 0.1) is 12.1 Å². The second-order valence-corrected chi connectivity index (χ2v) is 5.93. The van der Waals surface area contributed by atoms with E-state index in [1.54, 1.807) is 7.11 Å². The number of methoxy groups -OCH3 is 1. The number of nitrogens with one attached hydrogen (secondary N) is 2. The Morgan fingerprint density at radius 3 is 2.52 bits per heavy atom. The van der Waals surface area contributed by atoms with E-state index in [1.807, 2.05) is 61.5 Å². The van der Waals surface area contributed by atoms with Gasteiger partial charge in [-0.05, 0) is 43.0 Å². The quantitative estimate of drug-likeness (QED) is 0.678. The minimum Gasteiger partial charge on any atom is -0.396 e. The molecular formula is C20H26N2O3. The number of aliphatic hydroxyl groups is 1. The number of carbonyl (C=O) groups is 1. The standard InChI is InChI=1S/C20H26N2O3/c1-15(25-2)17-10-6-11-18(14-17)21-20(24)22-19(12-7-13-23)16-8-4-3-5-9-16/h3-6,8-11,14-15,19,23H,7,12-13H2,1-2H3,(H2,21,22,24)/t15-,19+/m1/s1. The molecule has 2 aromatic rings. The van der Waals surface area contributed by atoms with Gasteiger partial charge in [0.15, 0.2) is 0 Å². The van der Waals surface area contributed by atoms with E-state index >= 15 is 0 Å². The first-order valence-electron chi connectivity index (χ1n) is 8.50. The number of rotatable bonds is 8. The Bertz CT molecular complexity index is 661. The van der Waals surface area contributed by atoms with Gasteiger partial charge >= 0.3 is 6.03 Å². The fraction of sp³-hybridized carbons (Fsp3) is 0.350. The molecule has 0 saturated carbocycles. The molecule has 5 nitrogen and oxygen atoms in total. The van der Waals surface area contributed by atoms with Gasteiger partial charge in [-0.2, -0.15) is 0 Å². The monoisotopic (exact) mass is 342 g/mol. The third-order valence-electron chi connectivity index (χ3n) is 4.13. The van der Waals surface area contributed by atoms with Crippen molar-refractivity contribution >= 4 is 11.7 Å². The summed E-state index contributed by atoms with van der Waals surface area (Å²) in [6, 6.07) is 17.0. The molecule has 134 valence electrons. The number of amides is 2. The van der Waals surface area contributed by atoms with Crippen LogP contribution in [-0.4, -0.2) is 24.9 Å². The van der Waals surface area contributed by atoms with E-state index in [-0.39, 0.29) is 24.8 Å². The van der Waals surface area contributed by atoms with Crippen LogP contribution in [0.5, 0.6) is 0 Å². The second kappa shape index (κ2) is 9.81. The number of anilines is 1. The van der Waals surface area contributed by atoms with Crippen LogP contribution in [0.15, 0.2) is 54.6 Å². The van der Waals surface area contributed by atoms with Crippen LogP contribution in [0.25, 0.3) is 0 Å². The van der Waals surface area contributed by atoms with Crippen LogP contribution in [0.4, 0.5) is 10.5 Å². The normalized spacial score (nSPS) is 13.1. The van der Waals surface area contributed by atoms with Crippen LogP contribution in [-0.2, 0) is 4.74 Å². The SMILES string of the molecule is CO[C@H](C)c1cccc(NC(=O)N[C@@H](CCCO)c2ccccc2)c1. The largest absolute Gasteiger partial charge is 0.396 e. The Hall–Kier alpha value is -2.37. The van der Waals surface area contributed by atoms with E-state index < -0.39 is 0 Å². The van der Waals surface area contributed by atoms with Crippen molar-refractivity contribution in [2.75, 3.05) is 19.0 Å². The van der Waals surface area contributed by atoms with Crippen molar-refractivity contribution in [3.8, 4) is 0 Å². The summed E-state index contributed by atoms with van der Waals surface area (Å²) < 4.78 is 5.31. The summed E-state index contributed by atoms with van der Waals surface area (Å²) in [6.45, 7) is 2.06. The summed E-state index contributed by atoms with van der Waals surface area (Å²) in [5, 5.41) is 15.0. The molecule has 0 aliphatic rings. The van der Waals surface area contributed by atoms with E-state index in [4.69, 9.17) is 9.84 Å². The zero-order valence-electron chi connectivity index (χ0n) is 14.7. The van der Waals surface area contributed by atoms with E-state index in [2.05, 4.69) is 10.6 Å². The number of urea groups is 1. The molecule has 2 amide bonds. The highest BCUT2D eigenvalue weighted by molar-refractivity contribution is 5.89. The molecule has 0 aliphatic carbocycles. The molecule has 2 aromatic carbocycles. The Kier molecular flexibility index (Phi) is 7.44. The molecular weight excluding hydrogens is 316 g/mol. The summed E-state index contributed by atoms with van der Waals surface area (Å²) in [6.07, 6.45) is 1.27. The van der Waals surface area contributed by atoms with E-state index in [0.717, 1.165) is 11.1 Å². The summed E-state index contributed by atoms with van der Waals surface area (Å²) >= 11 is 0. The third-order valence-corrected chi connectivity index (χ3v) is 4.13. The molecule has 0 saturated heterocycles. The van der Waals surface area contributed by atoms with Crippen molar-refractivity contribution in [3.05, 3.63) is 65.7 Å². The minimum atomic E-state index is -0.269. The van der Waals surface area contributed by atoms with Crippen molar-refractivity contribution in [2.45, 2.75) is 31.9 Å².